The zero-order chi connectivity index (χ0) is 17.4. The van der Waals surface area contributed by atoms with Gasteiger partial charge >= 0.3 is 0 Å². The minimum Gasteiger partial charge on any atom is -0.458 e. The third kappa shape index (κ3) is 2.83. The maximum absolute atomic E-state index is 9.23. The molecule has 0 unspecified atom stereocenters. The molecule has 4 rings (SSSR count). The predicted molar refractivity (Wildman–Crippen MR) is 90.6 cm³/mol. The van der Waals surface area contributed by atoms with Gasteiger partial charge in [-0.25, -0.2) is 0 Å². The largest absolute Gasteiger partial charge is 0.458 e. The van der Waals surface area contributed by atoms with E-state index in [-0.39, 0.29) is 12.6 Å². The van der Waals surface area contributed by atoms with Crippen LogP contribution in [0.5, 0.6) is 0 Å². The molecular weight excluding hydrogens is 320 g/mol. The van der Waals surface area contributed by atoms with Crippen molar-refractivity contribution in [2.75, 3.05) is 5.73 Å². The third-order valence-corrected chi connectivity index (χ3v) is 3.82. The molecule has 0 saturated heterocycles. The molecular formula is C17H16N6O2. The molecule has 0 aliphatic rings. The second kappa shape index (κ2) is 5.99. The smallest absolute Gasteiger partial charge is 0.224 e. The fraction of sp³-hybridized carbons (Fsp3) is 0.176. The fourth-order valence-electron chi connectivity index (χ4n) is 2.69. The number of hydrogen-bond donors (Lipinski definition) is 2. The molecule has 0 atom stereocenters. The van der Waals surface area contributed by atoms with Gasteiger partial charge in [-0.1, -0.05) is 6.07 Å². The van der Waals surface area contributed by atoms with Crippen LogP contribution in [0.1, 0.15) is 22.7 Å². The van der Waals surface area contributed by atoms with Crippen LogP contribution in [0.15, 0.2) is 40.9 Å². The highest BCUT2D eigenvalue weighted by Gasteiger charge is 2.16. The van der Waals surface area contributed by atoms with Crippen molar-refractivity contribution in [1.82, 2.24) is 24.6 Å². The molecule has 0 fully saturated rings. The summed E-state index contributed by atoms with van der Waals surface area (Å²) in [6.45, 7) is 1.76. The minimum absolute atomic E-state index is 0.0975. The molecule has 0 spiro atoms. The Labute approximate surface area is 143 Å². The van der Waals surface area contributed by atoms with Gasteiger partial charge in [-0.05, 0) is 31.2 Å². The number of nitrogens with two attached hydrogens (primary N) is 1. The maximum atomic E-state index is 9.23. The van der Waals surface area contributed by atoms with E-state index in [0.29, 0.717) is 29.3 Å². The first kappa shape index (κ1) is 15.3. The number of furan rings is 1. The summed E-state index contributed by atoms with van der Waals surface area (Å²) in [7, 11) is 0. The maximum Gasteiger partial charge on any atom is 0.224 e. The molecule has 3 N–H and O–H groups in total. The molecule has 0 aliphatic carbocycles. The SMILES string of the molecule is Cc1ccc(-c2nc(N)nc3c(Cc4cccc(CO)n4)cnn23)o1. The zero-order valence-corrected chi connectivity index (χ0v) is 13.5. The van der Waals surface area contributed by atoms with Crippen molar-refractivity contribution in [3.8, 4) is 11.6 Å². The van der Waals surface area contributed by atoms with E-state index in [9.17, 15) is 5.11 Å². The molecule has 0 aliphatic heterocycles. The molecule has 0 radical (unpaired) electrons. The van der Waals surface area contributed by atoms with Crippen LogP contribution in [0.2, 0.25) is 0 Å². The van der Waals surface area contributed by atoms with Crippen molar-refractivity contribution in [2.24, 2.45) is 0 Å². The quantitative estimate of drug-likeness (QED) is 0.583. The van der Waals surface area contributed by atoms with Crippen LogP contribution in [0, 0.1) is 6.92 Å². The molecule has 0 bridgehead atoms. The summed E-state index contributed by atoms with van der Waals surface area (Å²) < 4.78 is 7.25. The van der Waals surface area contributed by atoms with Gasteiger partial charge in [0.05, 0.1) is 18.5 Å². The van der Waals surface area contributed by atoms with E-state index in [0.717, 1.165) is 17.0 Å². The van der Waals surface area contributed by atoms with Gasteiger partial charge in [-0.2, -0.15) is 19.6 Å². The fourth-order valence-corrected chi connectivity index (χ4v) is 2.69. The normalized spacial score (nSPS) is 11.3. The van der Waals surface area contributed by atoms with Crippen LogP contribution >= 0.6 is 0 Å². The zero-order valence-electron chi connectivity index (χ0n) is 13.5. The van der Waals surface area contributed by atoms with Crippen LogP contribution in [-0.2, 0) is 13.0 Å². The molecule has 0 saturated carbocycles. The average molecular weight is 336 g/mol. The summed E-state index contributed by atoms with van der Waals surface area (Å²) in [6, 6.07) is 9.21. The van der Waals surface area contributed by atoms with E-state index < -0.39 is 0 Å². The number of anilines is 1. The number of fused-ring (bicyclic) bond motifs is 1. The second-order valence-electron chi connectivity index (χ2n) is 5.68. The molecule has 4 aromatic heterocycles. The number of aryl methyl sites for hydroxylation is 1. The van der Waals surface area contributed by atoms with Gasteiger partial charge in [0.15, 0.2) is 11.4 Å². The minimum atomic E-state index is -0.0975. The number of aliphatic hydroxyl groups excluding tert-OH is 1. The lowest BCUT2D eigenvalue weighted by molar-refractivity contribution is 0.276. The van der Waals surface area contributed by atoms with Crippen LogP contribution in [0.25, 0.3) is 17.2 Å². The van der Waals surface area contributed by atoms with Gasteiger partial charge in [-0.15, -0.1) is 0 Å². The predicted octanol–water partition coefficient (Wildman–Crippen LogP) is 1.75. The first-order chi connectivity index (χ1) is 12.1. The Balaban J connectivity index is 1.80. The first-order valence-corrected chi connectivity index (χ1v) is 7.76. The topological polar surface area (TPSA) is 115 Å². The third-order valence-electron chi connectivity index (χ3n) is 3.82. The molecule has 8 heteroatoms. The average Bonchev–Trinajstić information content (AvgIpc) is 3.21. The number of aromatic nitrogens is 5. The van der Waals surface area contributed by atoms with E-state index in [1.165, 1.54) is 0 Å². The lowest BCUT2D eigenvalue weighted by Crippen LogP contribution is -2.05. The monoisotopic (exact) mass is 336 g/mol. The number of hydrogen-bond acceptors (Lipinski definition) is 7. The van der Waals surface area contributed by atoms with Gasteiger partial charge in [0, 0.05) is 17.7 Å². The Morgan fingerprint density at radius 3 is 2.72 bits per heavy atom. The van der Waals surface area contributed by atoms with Crippen molar-refractivity contribution in [2.45, 2.75) is 20.0 Å². The summed E-state index contributed by atoms with van der Waals surface area (Å²) in [6.07, 6.45) is 2.24. The van der Waals surface area contributed by atoms with Crippen LogP contribution < -0.4 is 5.73 Å². The van der Waals surface area contributed by atoms with Crippen LogP contribution in [-0.4, -0.2) is 29.7 Å². The Morgan fingerprint density at radius 2 is 1.96 bits per heavy atom. The number of nitrogens with zero attached hydrogens (tertiary/aromatic N) is 5. The van der Waals surface area contributed by atoms with Crippen molar-refractivity contribution < 1.29 is 9.52 Å². The van der Waals surface area contributed by atoms with E-state index in [2.05, 4.69) is 20.1 Å². The van der Waals surface area contributed by atoms with E-state index in [1.54, 1.807) is 16.8 Å². The van der Waals surface area contributed by atoms with Gasteiger partial charge in [-0.3, -0.25) is 4.98 Å². The van der Waals surface area contributed by atoms with Crippen molar-refractivity contribution in [1.29, 1.82) is 0 Å². The summed E-state index contributed by atoms with van der Waals surface area (Å²) in [5, 5.41) is 13.6. The Hall–Kier alpha value is -3.26. The highest BCUT2D eigenvalue weighted by molar-refractivity contribution is 5.59. The Bertz CT molecular complexity index is 1050. The number of pyridine rings is 1. The van der Waals surface area contributed by atoms with Gasteiger partial charge < -0.3 is 15.3 Å². The van der Waals surface area contributed by atoms with Gasteiger partial charge in [0.1, 0.15) is 5.76 Å². The molecule has 0 aromatic carbocycles. The first-order valence-electron chi connectivity index (χ1n) is 7.76. The molecule has 4 heterocycles. The summed E-state index contributed by atoms with van der Waals surface area (Å²) >= 11 is 0. The number of rotatable bonds is 4. The van der Waals surface area contributed by atoms with Crippen molar-refractivity contribution in [3.05, 3.63) is 59.2 Å². The van der Waals surface area contributed by atoms with Gasteiger partial charge in [0.2, 0.25) is 11.8 Å². The highest BCUT2D eigenvalue weighted by atomic mass is 16.3. The Morgan fingerprint density at radius 1 is 1.12 bits per heavy atom. The standard InChI is InChI=1S/C17H16N6O2/c1-10-5-6-14(25-10)16-22-17(18)21-15-11(8-19-23(15)16)7-12-3-2-4-13(9-24)20-12/h2-6,8,24H,7,9H2,1H3,(H2,18,21). The van der Waals surface area contributed by atoms with E-state index in [1.807, 2.05) is 31.2 Å². The van der Waals surface area contributed by atoms with Crippen molar-refractivity contribution in [3.63, 3.8) is 0 Å². The van der Waals surface area contributed by atoms with Gasteiger partial charge in [0.25, 0.3) is 0 Å². The number of nitrogen functional groups attached to an aromatic ring is 1. The lowest BCUT2D eigenvalue weighted by Gasteiger charge is -2.04. The molecule has 8 nitrogen and oxygen atoms in total. The molecule has 126 valence electrons. The summed E-state index contributed by atoms with van der Waals surface area (Å²) in [4.78, 5) is 13.0. The van der Waals surface area contributed by atoms with E-state index in [4.69, 9.17) is 10.2 Å². The highest BCUT2D eigenvalue weighted by Crippen LogP contribution is 2.23. The van der Waals surface area contributed by atoms with Crippen LogP contribution in [0.3, 0.4) is 0 Å². The second-order valence-corrected chi connectivity index (χ2v) is 5.68. The van der Waals surface area contributed by atoms with Crippen LogP contribution in [0.4, 0.5) is 5.95 Å². The lowest BCUT2D eigenvalue weighted by atomic mass is 10.1. The summed E-state index contributed by atoms with van der Waals surface area (Å²) in [5.41, 5.74) is 8.78. The molecule has 4 aromatic rings. The summed E-state index contributed by atoms with van der Waals surface area (Å²) in [5.74, 6) is 2.00. The Kier molecular flexibility index (Phi) is 3.66. The number of aliphatic hydroxyl groups is 1. The molecule has 0 amide bonds. The molecule has 25 heavy (non-hydrogen) atoms. The van der Waals surface area contributed by atoms with Crippen molar-refractivity contribution >= 4 is 11.6 Å². The van der Waals surface area contributed by atoms with E-state index >= 15 is 0 Å².